The number of piperidine rings is 1. The molecule has 0 radical (unpaired) electrons. The Bertz CT molecular complexity index is 1180. The standard InChI is InChI=1S/C25H27N7O/c33-17-19-5-4-12-31(15-19)24-13-23(28-18-29-24)27-14-21-16-32(22-6-2-1-3-7-22)30-25(21)20-8-10-26-11-9-20/h1-3,6-11,13,16,18-19,33H,4-5,12,14-15,17H2,(H,27,28,29). The Kier molecular flexibility index (Phi) is 6.25. The normalized spacial score (nSPS) is 16.0. The Morgan fingerprint density at radius 1 is 1.06 bits per heavy atom. The van der Waals surface area contributed by atoms with E-state index in [0.717, 1.165) is 60.1 Å². The molecule has 1 saturated heterocycles. The van der Waals surface area contributed by atoms with E-state index in [1.807, 2.05) is 53.2 Å². The smallest absolute Gasteiger partial charge is 0.134 e. The zero-order valence-corrected chi connectivity index (χ0v) is 18.4. The van der Waals surface area contributed by atoms with Gasteiger partial charge in [0.25, 0.3) is 0 Å². The maximum atomic E-state index is 9.54. The molecule has 8 nitrogen and oxygen atoms in total. The molecule has 4 aromatic rings. The van der Waals surface area contributed by atoms with Gasteiger partial charge in [0.2, 0.25) is 0 Å². The van der Waals surface area contributed by atoms with Crippen molar-refractivity contribution in [3.05, 3.63) is 79.0 Å². The number of hydrogen-bond donors (Lipinski definition) is 2. The molecule has 1 aromatic carbocycles. The highest BCUT2D eigenvalue weighted by Gasteiger charge is 2.20. The molecular formula is C25H27N7O. The minimum absolute atomic E-state index is 0.218. The lowest BCUT2D eigenvalue weighted by Gasteiger charge is -2.32. The first-order chi connectivity index (χ1) is 16.3. The second-order valence-electron chi connectivity index (χ2n) is 8.27. The van der Waals surface area contributed by atoms with Crippen molar-refractivity contribution in [1.82, 2.24) is 24.7 Å². The van der Waals surface area contributed by atoms with Crippen LogP contribution in [0, 0.1) is 5.92 Å². The van der Waals surface area contributed by atoms with E-state index in [9.17, 15) is 5.11 Å². The summed E-state index contributed by atoms with van der Waals surface area (Å²) in [6.07, 6.45) is 9.33. The summed E-state index contributed by atoms with van der Waals surface area (Å²) in [5.41, 5.74) is 3.99. The number of nitrogens with one attached hydrogen (secondary N) is 1. The van der Waals surface area contributed by atoms with E-state index in [2.05, 4.69) is 31.4 Å². The second kappa shape index (κ2) is 9.79. The van der Waals surface area contributed by atoms with E-state index in [1.54, 1.807) is 18.7 Å². The van der Waals surface area contributed by atoms with Crippen molar-refractivity contribution in [3.63, 3.8) is 0 Å². The predicted octanol–water partition coefficient (Wildman–Crippen LogP) is 3.55. The van der Waals surface area contributed by atoms with E-state index in [1.165, 1.54) is 0 Å². The fourth-order valence-corrected chi connectivity index (χ4v) is 4.23. The maximum Gasteiger partial charge on any atom is 0.134 e. The molecule has 4 heterocycles. The molecule has 1 aliphatic heterocycles. The molecular weight excluding hydrogens is 414 g/mol. The number of aliphatic hydroxyl groups is 1. The summed E-state index contributed by atoms with van der Waals surface area (Å²) in [6.45, 7) is 2.56. The fourth-order valence-electron chi connectivity index (χ4n) is 4.23. The third-order valence-electron chi connectivity index (χ3n) is 5.98. The molecule has 0 amide bonds. The van der Waals surface area contributed by atoms with E-state index < -0.39 is 0 Å². The van der Waals surface area contributed by atoms with Crippen LogP contribution in [0.5, 0.6) is 0 Å². The molecule has 1 atom stereocenters. The Morgan fingerprint density at radius 2 is 1.91 bits per heavy atom. The van der Waals surface area contributed by atoms with E-state index in [-0.39, 0.29) is 6.61 Å². The van der Waals surface area contributed by atoms with Crippen LogP contribution in [0.2, 0.25) is 0 Å². The topological polar surface area (TPSA) is 92.0 Å². The van der Waals surface area contributed by atoms with Crippen LogP contribution >= 0.6 is 0 Å². The van der Waals surface area contributed by atoms with Gasteiger partial charge >= 0.3 is 0 Å². The number of para-hydroxylation sites is 1. The molecule has 5 rings (SSSR count). The Hall–Kier alpha value is -3.78. The van der Waals surface area contributed by atoms with Crippen LogP contribution in [-0.4, -0.2) is 49.5 Å². The highest BCUT2D eigenvalue weighted by molar-refractivity contribution is 5.63. The molecule has 1 unspecified atom stereocenters. The highest BCUT2D eigenvalue weighted by Crippen LogP contribution is 2.25. The van der Waals surface area contributed by atoms with Crippen LogP contribution in [0.1, 0.15) is 18.4 Å². The van der Waals surface area contributed by atoms with Gasteiger partial charge in [-0.05, 0) is 43.0 Å². The number of aromatic nitrogens is 5. The van der Waals surface area contributed by atoms with Crippen molar-refractivity contribution in [3.8, 4) is 16.9 Å². The summed E-state index contributed by atoms with van der Waals surface area (Å²) in [4.78, 5) is 15.3. The Labute approximate surface area is 193 Å². The summed E-state index contributed by atoms with van der Waals surface area (Å²) < 4.78 is 1.90. The summed E-state index contributed by atoms with van der Waals surface area (Å²) in [5.74, 6) is 1.95. The fraction of sp³-hybridized carbons (Fsp3) is 0.280. The maximum absolute atomic E-state index is 9.54. The largest absolute Gasteiger partial charge is 0.396 e. The van der Waals surface area contributed by atoms with Crippen molar-refractivity contribution in [2.75, 3.05) is 29.9 Å². The third-order valence-corrected chi connectivity index (χ3v) is 5.98. The molecule has 33 heavy (non-hydrogen) atoms. The minimum Gasteiger partial charge on any atom is -0.396 e. The van der Waals surface area contributed by atoms with E-state index in [4.69, 9.17) is 5.10 Å². The van der Waals surface area contributed by atoms with Gasteiger partial charge in [-0.1, -0.05) is 18.2 Å². The first kappa shape index (κ1) is 21.1. The second-order valence-corrected chi connectivity index (χ2v) is 8.27. The number of anilines is 2. The lowest BCUT2D eigenvalue weighted by molar-refractivity contribution is 0.208. The van der Waals surface area contributed by atoms with Gasteiger partial charge in [0.15, 0.2) is 0 Å². The van der Waals surface area contributed by atoms with Gasteiger partial charge < -0.3 is 15.3 Å². The average Bonchev–Trinajstić information content (AvgIpc) is 3.33. The molecule has 0 aliphatic carbocycles. The highest BCUT2D eigenvalue weighted by atomic mass is 16.3. The zero-order valence-electron chi connectivity index (χ0n) is 18.4. The van der Waals surface area contributed by atoms with Gasteiger partial charge in [0, 0.05) is 62.0 Å². The van der Waals surface area contributed by atoms with Crippen molar-refractivity contribution >= 4 is 11.6 Å². The molecule has 0 bridgehead atoms. The lowest BCUT2D eigenvalue weighted by atomic mass is 9.99. The van der Waals surface area contributed by atoms with Crippen molar-refractivity contribution in [1.29, 1.82) is 0 Å². The van der Waals surface area contributed by atoms with Gasteiger partial charge in [0.05, 0.1) is 11.4 Å². The molecule has 168 valence electrons. The van der Waals surface area contributed by atoms with Crippen LogP contribution < -0.4 is 10.2 Å². The SMILES string of the molecule is OCC1CCCN(c2cc(NCc3cn(-c4ccccc4)nc3-c3ccncc3)ncn2)C1. The summed E-state index contributed by atoms with van der Waals surface area (Å²) in [5, 5.41) is 17.8. The molecule has 8 heteroatoms. The van der Waals surface area contributed by atoms with Crippen LogP contribution in [0.4, 0.5) is 11.6 Å². The minimum atomic E-state index is 0.218. The van der Waals surface area contributed by atoms with Crippen molar-refractivity contribution < 1.29 is 5.11 Å². The van der Waals surface area contributed by atoms with Crippen LogP contribution in [-0.2, 0) is 6.54 Å². The number of aliphatic hydroxyl groups excluding tert-OH is 1. The van der Waals surface area contributed by atoms with Crippen LogP contribution in [0.3, 0.4) is 0 Å². The van der Waals surface area contributed by atoms with Gasteiger partial charge in [-0.2, -0.15) is 5.10 Å². The summed E-state index contributed by atoms with van der Waals surface area (Å²) >= 11 is 0. The quantitative estimate of drug-likeness (QED) is 0.453. The van der Waals surface area contributed by atoms with Crippen LogP contribution in [0.25, 0.3) is 16.9 Å². The first-order valence-electron chi connectivity index (χ1n) is 11.3. The van der Waals surface area contributed by atoms with Crippen molar-refractivity contribution in [2.45, 2.75) is 19.4 Å². The van der Waals surface area contributed by atoms with Gasteiger partial charge in [-0.25, -0.2) is 14.6 Å². The predicted molar refractivity (Wildman–Crippen MR) is 128 cm³/mol. The van der Waals surface area contributed by atoms with Gasteiger partial charge in [-0.15, -0.1) is 0 Å². The van der Waals surface area contributed by atoms with Crippen molar-refractivity contribution in [2.24, 2.45) is 5.92 Å². The Balaban J connectivity index is 1.38. The molecule has 3 aromatic heterocycles. The van der Waals surface area contributed by atoms with Gasteiger partial charge in [0.1, 0.15) is 18.0 Å². The summed E-state index contributed by atoms with van der Waals surface area (Å²) in [6, 6.07) is 16.0. The number of benzene rings is 1. The van der Waals surface area contributed by atoms with Crippen LogP contribution in [0.15, 0.2) is 73.4 Å². The van der Waals surface area contributed by atoms with E-state index >= 15 is 0 Å². The number of hydrogen-bond acceptors (Lipinski definition) is 7. The molecule has 1 fully saturated rings. The Morgan fingerprint density at radius 3 is 2.73 bits per heavy atom. The number of nitrogens with zero attached hydrogens (tertiary/aromatic N) is 6. The number of pyridine rings is 1. The monoisotopic (exact) mass is 441 g/mol. The lowest BCUT2D eigenvalue weighted by Crippen LogP contribution is -2.37. The molecule has 0 saturated carbocycles. The molecule has 2 N–H and O–H groups in total. The van der Waals surface area contributed by atoms with Gasteiger partial charge in [-0.3, -0.25) is 4.98 Å². The summed E-state index contributed by atoms with van der Waals surface area (Å²) in [7, 11) is 0. The third kappa shape index (κ3) is 4.85. The molecule has 1 aliphatic rings. The number of rotatable bonds is 7. The zero-order chi connectivity index (χ0) is 22.5. The van der Waals surface area contributed by atoms with E-state index in [0.29, 0.717) is 12.5 Å². The first-order valence-corrected chi connectivity index (χ1v) is 11.3. The average molecular weight is 442 g/mol. The molecule has 0 spiro atoms.